The van der Waals surface area contributed by atoms with Gasteiger partial charge in [-0.15, -0.1) is 0 Å². The van der Waals surface area contributed by atoms with Gasteiger partial charge in [0.05, 0.1) is 19.3 Å². The van der Waals surface area contributed by atoms with Crippen molar-refractivity contribution in [3.05, 3.63) is 58.4 Å². The van der Waals surface area contributed by atoms with Crippen LogP contribution in [0.15, 0.2) is 47.3 Å². The molecule has 1 aromatic heterocycles. The number of rotatable bonds is 4. The summed E-state index contributed by atoms with van der Waals surface area (Å²) in [4.78, 5) is 19.0. The minimum absolute atomic E-state index is 0.131. The zero-order valence-corrected chi connectivity index (χ0v) is 16.4. The largest absolute Gasteiger partial charge is 0.378 e. The highest BCUT2D eigenvalue weighted by atomic mass is 19.3. The Hall–Kier alpha value is -2.41. The second kappa shape index (κ2) is 8.53. The number of hydrogen-bond donors (Lipinski definition) is 1. The predicted octanol–water partition coefficient (Wildman–Crippen LogP) is 3.45. The lowest BCUT2D eigenvalue weighted by atomic mass is 9.97. The Morgan fingerprint density at radius 1 is 1.07 bits per heavy atom. The number of halogens is 2. The number of anilines is 2. The van der Waals surface area contributed by atoms with E-state index in [0.717, 1.165) is 11.3 Å². The molecule has 1 atom stereocenters. The number of nitrogens with zero attached hydrogens (tertiary/aromatic N) is 2. The summed E-state index contributed by atoms with van der Waals surface area (Å²) in [5.74, 6) is -2.36. The molecule has 0 saturated carbocycles. The van der Waals surface area contributed by atoms with Gasteiger partial charge in [0.1, 0.15) is 5.82 Å². The molecule has 156 valence electrons. The second-order valence-corrected chi connectivity index (χ2v) is 7.80. The monoisotopic (exact) mass is 403 g/mol. The van der Waals surface area contributed by atoms with Crippen molar-refractivity contribution in [2.45, 2.75) is 37.6 Å². The lowest BCUT2D eigenvalue weighted by molar-refractivity contribution is -0.0315. The molecule has 1 aromatic carbocycles. The number of pyridine rings is 1. The van der Waals surface area contributed by atoms with Crippen LogP contribution in [-0.4, -0.2) is 49.8 Å². The van der Waals surface area contributed by atoms with E-state index in [0.29, 0.717) is 51.5 Å². The van der Waals surface area contributed by atoms with Gasteiger partial charge in [-0.3, -0.25) is 4.79 Å². The molecular formula is C22H27F2N3O2. The quantitative estimate of drug-likeness (QED) is 0.850. The Labute approximate surface area is 169 Å². The standard InChI is InChI=1S/C22H27F2N3O2/c23-22(24)8-4-5-9-27(19(22)14-17-6-2-1-3-7-17)20-15-18(16-21(28)25-20)26-10-12-29-13-11-26/h1-3,6-7,15-16,19H,4-5,8-14H2,(H,25,28)/t19-/m0/s1. The average molecular weight is 403 g/mol. The Kier molecular flexibility index (Phi) is 5.85. The fourth-order valence-corrected chi connectivity index (χ4v) is 4.25. The van der Waals surface area contributed by atoms with E-state index >= 15 is 8.78 Å². The minimum Gasteiger partial charge on any atom is -0.378 e. The predicted molar refractivity (Wildman–Crippen MR) is 110 cm³/mol. The van der Waals surface area contributed by atoms with Crippen molar-refractivity contribution >= 4 is 11.5 Å². The van der Waals surface area contributed by atoms with E-state index < -0.39 is 12.0 Å². The van der Waals surface area contributed by atoms with Crippen molar-refractivity contribution in [2.75, 3.05) is 42.6 Å². The van der Waals surface area contributed by atoms with Gasteiger partial charge in [-0.1, -0.05) is 30.3 Å². The third-order valence-electron chi connectivity index (χ3n) is 5.80. The van der Waals surface area contributed by atoms with E-state index in [4.69, 9.17) is 4.74 Å². The molecule has 2 fully saturated rings. The van der Waals surface area contributed by atoms with Crippen LogP contribution in [0, 0.1) is 0 Å². The van der Waals surface area contributed by atoms with Gasteiger partial charge in [-0.05, 0) is 24.8 Å². The number of aromatic amines is 1. The van der Waals surface area contributed by atoms with Crippen molar-refractivity contribution in [2.24, 2.45) is 0 Å². The first-order valence-electron chi connectivity index (χ1n) is 10.3. The number of nitrogens with one attached hydrogen (secondary N) is 1. The molecule has 4 rings (SSSR count). The summed E-state index contributed by atoms with van der Waals surface area (Å²) in [6.07, 6.45) is 1.25. The number of hydrogen-bond acceptors (Lipinski definition) is 4. The molecule has 2 aliphatic rings. The van der Waals surface area contributed by atoms with Crippen molar-refractivity contribution in [3.8, 4) is 0 Å². The molecule has 3 heterocycles. The van der Waals surface area contributed by atoms with E-state index in [2.05, 4.69) is 9.88 Å². The van der Waals surface area contributed by atoms with E-state index in [1.807, 2.05) is 36.4 Å². The Bertz CT molecular complexity index is 866. The van der Waals surface area contributed by atoms with Crippen LogP contribution in [0.4, 0.5) is 20.3 Å². The SMILES string of the molecule is O=c1cc(N2CCOCC2)cc(N2CCCCC(F)(F)[C@@H]2Cc2ccccc2)[nH]1. The molecule has 2 aliphatic heterocycles. The first-order valence-corrected chi connectivity index (χ1v) is 10.3. The summed E-state index contributed by atoms with van der Waals surface area (Å²) in [6, 6.07) is 11.8. The first-order chi connectivity index (χ1) is 14.0. The zero-order chi connectivity index (χ0) is 20.3. The molecule has 5 nitrogen and oxygen atoms in total. The highest BCUT2D eigenvalue weighted by molar-refractivity contribution is 5.56. The van der Waals surface area contributed by atoms with Crippen LogP contribution in [0.3, 0.4) is 0 Å². The molecule has 0 amide bonds. The summed E-state index contributed by atoms with van der Waals surface area (Å²) in [6.45, 7) is 3.07. The van der Waals surface area contributed by atoms with E-state index in [1.165, 1.54) is 6.07 Å². The fourth-order valence-electron chi connectivity index (χ4n) is 4.25. The molecule has 7 heteroatoms. The van der Waals surface area contributed by atoms with Crippen LogP contribution in [-0.2, 0) is 11.2 Å². The molecule has 0 aliphatic carbocycles. The lowest BCUT2D eigenvalue weighted by Crippen LogP contribution is -2.49. The number of morpholine rings is 1. The second-order valence-electron chi connectivity index (χ2n) is 7.80. The van der Waals surface area contributed by atoms with Crippen LogP contribution >= 0.6 is 0 Å². The third kappa shape index (κ3) is 4.61. The number of ether oxygens (including phenoxy) is 1. The van der Waals surface area contributed by atoms with Gasteiger partial charge in [-0.25, -0.2) is 8.78 Å². The van der Waals surface area contributed by atoms with Gasteiger partial charge in [0.25, 0.3) is 11.5 Å². The minimum atomic E-state index is -2.84. The molecule has 29 heavy (non-hydrogen) atoms. The maximum absolute atomic E-state index is 15.1. The summed E-state index contributed by atoms with van der Waals surface area (Å²) < 4.78 is 35.7. The molecule has 1 N–H and O–H groups in total. The van der Waals surface area contributed by atoms with Gasteiger partial charge in [0.15, 0.2) is 0 Å². The van der Waals surface area contributed by atoms with E-state index in [9.17, 15) is 4.79 Å². The highest BCUT2D eigenvalue weighted by Crippen LogP contribution is 2.36. The highest BCUT2D eigenvalue weighted by Gasteiger charge is 2.44. The van der Waals surface area contributed by atoms with E-state index in [-0.39, 0.29) is 18.4 Å². The summed E-state index contributed by atoms with van der Waals surface area (Å²) in [5.41, 5.74) is 1.36. The fraction of sp³-hybridized carbons (Fsp3) is 0.500. The van der Waals surface area contributed by atoms with Crippen LogP contribution in [0.25, 0.3) is 0 Å². The number of benzene rings is 1. The molecule has 0 unspecified atom stereocenters. The Morgan fingerprint density at radius 3 is 2.59 bits per heavy atom. The lowest BCUT2D eigenvalue weighted by Gasteiger charge is -2.37. The van der Waals surface area contributed by atoms with Crippen molar-refractivity contribution in [3.63, 3.8) is 0 Å². The smallest absolute Gasteiger partial charge is 0.268 e. The van der Waals surface area contributed by atoms with Gasteiger partial charge in [-0.2, -0.15) is 0 Å². The Morgan fingerprint density at radius 2 is 1.83 bits per heavy atom. The summed E-state index contributed by atoms with van der Waals surface area (Å²) >= 11 is 0. The van der Waals surface area contributed by atoms with E-state index in [1.54, 1.807) is 4.90 Å². The summed E-state index contributed by atoms with van der Waals surface area (Å²) in [7, 11) is 0. The molecule has 0 bridgehead atoms. The zero-order valence-electron chi connectivity index (χ0n) is 16.4. The number of alkyl halides is 2. The molecule has 0 spiro atoms. The normalized spacial score (nSPS) is 22.3. The molecule has 2 aromatic rings. The van der Waals surface area contributed by atoms with Crippen LogP contribution in [0.1, 0.15) is 24.8 Å². The maximum atomic E-state index is 15.1. The Balaban J connectivity index is 1.69. The molecule has 0 radical (unpaired) electrons. The molecule has 2 saturated heterocycles. The van der Waals surface area contributed by atoms with Gasteiger partial charge in [0.2, 0.25) is 0 Å². The van der Waals surface area contributed by atoms with Crippen LogP contribution in [0.5, 0.6) is 0 Å². The van der Waals surface area contributed by atoms with Crippen LogP contribution in [0.2, 0.25) is 0 Å². The number of H-pyrrole nitrogens is 1. The maximum Gasteiger partial charge on any atom is 0.268 e. The van der Waals surface area contributed by atoms with Crippen molar-refractivity contribution < 1.29 is 13.5 Å². The summed E-state index contributed by atoms with van der Waals surface area (Å²) in [5, 5.41) is 0. The van der Waals surface area contributed by atoms with Crippen molar-refractivity contribution in [1.29, 1.82) is 0 Å². The first kappa shape index (κ1) is 19.9. The molecular weight excluding hydrogens is 376 g/mol. The van der Waals surface area contributed by atoms with Gasteiger partial charge >= 0.3 is 0 Å². The van der Waals surface area contributed by atoms with Crippen molar-refractivity contribution in [1.82, 2.24) is 4.98 Å². The number of aromatic nitrogens is 1. The van der Waals surface area contributed by atoms with Gasteiger partial charge in [0, 0.05) is 43.9 Å². The van der Waals surface area contributed by atoms with Gasteiger partial charge < -0.3 is 19.5 Å². The topological polar surface area (TPSA) is 48.6 Å². The third-order valence-corrected chi connectivity index (χ3v) is 5.80. The average Bonchev–Trinajstić information content (AvgIpc) is 2.87. The van der Waals surface area contributed by atoms with Crippen LogP contribution < -0.4 is 15.4 Å².